The van der Waals surface area contributed by atoms with E-state index < -0.39 is 0 Å². The van der Waals surface area contributed by atoms with Gasteiger partial charge in [-0.25, -0.2) is 4.98 Å². The van der Waals surface area contributed by atoms with Crippen molar-refractivity contribution in [1.82, 2.24) is 4.98 Å². The Labute approximate surface area is 78.0 Å². The average Bonchev–Trinajstić information content (AvgIpc) is 1.85. The van der Waals surface area contributed by atoms with Crippen LogP contribution in [0.15, 0.2) is 6.07 Å². The van der Waals surface area contributed by atoms with Crippen LogP contribution in [0, 0.1) is 13.8 Å². The highest BCUT2D eigenvalue weighted by atomic mass is 35.5. The second-order valence-electron chi connectivity index (χ2n) is 2.57. The average molecular weight is 189 g/mol. The minimum Gasteiger partial charge on any atom is -0.493 e. The van der Waals surface area contributed by atoms with Gasteiger partial charge >= 0.3 is 0 Å². The van der Waals surface area contributed by atoms with Crippen molar-refractivity contribution in [2.75, 3.05) is 0 Å². The summed E-state index contributed by atoms with van der Waals surface area (Å²) < 4.78 is 0. The Morgan fingerprint density at radius 3 is 2.50 bits per heavy atom. The van der Waals surface area contributed by atoms with Crippen LogP contribution >= 0.6 is 12.4 Å². The Morgan fingerprint density at radius 1 is 1.50 bits per heavy atom. The molecule has 0 spiro atoms. The molecule has 0 bridgehead atoms. The first-order valence-corrected chi connectivity index (χ1v) is 3.51. The molecule has 0 aromatic carbocycles. The largest absolute Gasteiger partial charge is 0.493 e. The molecule has 12 heavy (non-hydrogen) atoms. The van der Waals surface area contributed by atoms with Crippen LogP contribution in [-0.4, -0.2) is 10.1 Å². The van der Waals surface area contributed by atoms with Gasteiger partial charge in [-0.2, -0.15) is 0 Å². The molecule has 3 nitrogen and oxygen atoms in total. The minimum atomic E-state index is 0. The maximum absolute atomic E-state index is 9.06. The lowest BCUT2D eigenvalue weighted by molar-refractivity contribution is 0.451. The van der Waals surface area contributed by atoms with E-state index in [1.165, 1.54) is 0 Å². The maximum atomic E-state index is 9.06. The molecule has 0 fully saturated rings. The first kappa shape index (κ1) is 11.2. The fourth-order valence-electron chi connectivity index (χ4n) is 1.15. The predicted octanol–water partition coefficient (Wildman–Crippen LogP) is 1.28. The van der Waals surface area contributed by atoms with Gasteiger partial charge in [0, 0.05) is 18.3 Å². The molecule has 0 saturated carbocycles. The van der Waals surface area contributed by atoms with E-state index in [-0.39, 0.29) is 18.3 Å². The molecule has 0 unspecified atom stereocenters. The number of pyridine rings is 1. The molecule has 1 aromatic rings. The van der Waals surface area contributed by atoms with Crippen molar-refractivity contribution in [3.05, 3.63) is 22.9 Å². The molecule has 1 aromatic heterocycles. The minimum absolute atomic E-state index is 0. The molecule has 1 rings (SSSR count). The number of nitrogens with zero attached hydrogens (tertiary/aromatic N) is 1. The van der Waals surface area contributed by atoms with Crippen LogP contribution < -0.4 is 5.73 Å². The summed E-state index contributed by atoms with van der Waals surface area (Å²) in [6, 6.07) is 1.62. The van der Waals surface area contributed by atoms with Gasteiger partial charge in [0.1, 0.15) is 0 Å². The quantitative estimate of drug-likeness (QED) is 0.698. The third-order valence-electron chi connectivity index (χ3n) is 1.74. The third-order valence-corrected chi connectivity index (χ3v) is 1.74. The highest BCUT2D eigenvalue weighted by Gasteiger charge is 2.02. The van der Waals surface area contributed by atoms with E-state index in [1.54, 1.807) is 6.07 Å². The SMILES string of the molecule is Cc1cc(O)nc(C)c1CN.Cl. The van der Waals surface area contributed by atoms with Crippen LogP contribution in [0.1, 0.15) is 16.8 Å². The van der Waals surface area contributed by atoms with Crippen molar-refractivity contribution >= 4 is 12.4 Å². The third kappa shape index (κ3) is 2.09. The van der Waals surface area contributed by atoms with E-state index in [2.05, 4.69) is 4.98 Å². The van der Waals surface area contributed by atoms with Gasteiger partial charge in [-0.15, -0.1) is 12.4 Å². The summed E-state index contributed by atoms with van der Waals surface area (Å²) in [5, 5.41) is 9.06. The lowest BCUT2D eigenvalue weighted by Crippen LogP contribution is -2.03. The predicted molar refractivity (Wildman–Crippen MR) is 50.5 cm³/mol. The molecule has 0 amide bonds. The number of hydrogen-bond acceptors (Lipinski definition) is 3. The normalized spacial score (nSPS) is 9.25. The molecule has 0 radical (unpaired) electrons. The zero-order chi connectivity index (χ0) is 8.43. The van der Waals surface area contributed by atoms with E-state index in [1.807, 2.05) is 13.8 Å². The smallest absolute Gasteiger partial charge is 0.211 e. The summed E-state index contributed by atoms with van der Waals surface area (Å²) in [6.45, 7) is 4.23. The van der Waals surface area contributed by atoms with Crippen LogP contribution in [0.4, 0.5) is 0 Å². The molecular formula is C8H13ClN2O. The number of aromatic hydroxyl groups is 1. The van der Waals surface area contributed by atoms with Crippen molar-refractivity contribution in [1.29, 1.82) is 0 Å². The highest BCUT2D eigenvalue weighted by molar-refractivity contribution is 5.85. The van der Waals surface area contributed by atoms with E-state index in [0.717, 1.165) is 16.8 Å². The first-order valence-electron chi connectivity index (χ1n) is 3.51. The topological polar surface area (TPSA) is 59.1 Å². The van der Waals surface area contributed by atoms with Crippen LogP contribution in [-0.2, 0) is 6.54 Å². The second kappa shape index (κ2) is 4.28. The molecule has 0 aliphatic rings. The Balaban J connectivity index is 0.00000121. The van der Waals surface area contributed by atoms with Crippen molar-refractivity contribution in [3.8, 4) is 5.88 Å². The summed E-state index contributed by atoms with van der Waals surface area (Å²) in [7, 11) is 0. The fraction of sp³-hybridized carbons (Fsp3) is 0.375. The Kier molecular flexibility index (Phi) is 4.00. The summed E-state index contributed by atoms with van der Waals surface area (Å²) in [4.78, 5) is 3.88. The van der Waals surface area contributed by atoms with E-state index in [9.17, 15) is 0 Å². The van der Waals surface area contributed by atoms with Crippen LogP contribution in [0.3, 0.4) is 0 Å². The van der Waals surface area contributed by atoms with Crippen LogP contribution in [0.5, 0.6) is 5.88 Å². The number of nitrogens with two attached hydrogens (primary N) is 1. The summed E-state index contributed by atoms with van der Waals surface area (Å²) in [5.41, 5.74) is 8.30. The van der Waals surface area contributed by atoms with Gasteiger partial charge in [0.2, 0.25) is 5.88 Å². The van der Waals surface area contributed by atoms with E-state index >= 15 is 0 Å². The van der Waals surface area contributed by atoms with Gasteiger partial charge in [-0.05, 0) is 25.0 Å². The number of aryl methyl sites for hydroxylation is 2. The highest BCUT2D eigenvalue weighted by Crippen LogP contribution is 2.15. The van der Waals surface area contributed by atoms with Crippen molar-refractivity contribution in [2.45, 2.75) is 20.4 Å². The van der Waals surface area contributed by atoms with Gasteiger partial charge < -0.3 is 10.8 Å². The number of rotatable bonds is 1. The van der Waals surface area contributed by atoms with Crippen molar-refractivity contribution in [3.63, 3.8) is 0 Å². The van der Waals surface area contributed by atoms with Crippen molar-refractivity contribution in [2.24, 2.45) is 5.73 Å². The Bertz CT molecular complexity index is 253. The zero-order valence-corrected chi connectivity index (χ0v) is 7.98. The number of hydrogen-bond donors (Lipinski definition) is 2. The second-order valence-corrected chi connectivity index (χ2v) is 2.57. The molecule has 1 heterocycles. The van der Waals surface area contributed by atoms with Gasteiger partial charge in [0.05, 0.1) is 0 Å². The zero-order valence-electron chi connectivity index (χ0n) is 7.16. The summed E-state index contributed by atoms with van der Waals surface area (Å²) in [5.74, 6) is 0.0669. The molecule has 0 atom stereocenters. The van der Waals surface area contributed by atoms with E-state index in [4.69, 9.17) is 10.8 Å². The molecule has 0 aliphatic carbocycles. The maximum Gasteiger partial charge on any atom is 0.211 e. The van der Waals surface area contributed by atoms with Crippen LogP contribution in [0.2, 0.25) is 0 Å². The lowest BCUT2D eigenvalue weighted by Gasteiger charge is -2.05. The molecule has 3 N–H and O–H groups in total. The molecule has 68 valence electrons. The van der Waals surface area contributed by atoms with Crippen molar-refractivity contribution < 1.29 is 5.11 Å². The summed E-state index contributed by atoms with van der Waals surface area (Å²) >= 11 is 0. The van der Waals surface area contributed by atoms with Crippen LogP contribution in [0.25, 0.3) is 0 Å². The van der Waals surface area contributed by atoms with Gasteiger partial charge in [-0.3, -0.25) is 0 Å². The Morgan fingerprint density at radius 2 is 2.08 bits per heavy atom. The summed E-state index contributed by atoms with van der Waals surface area (Å²) in [6.07, 6.45) is 0. The molecule has 0 aliphatic heterocycles. The molecule has 4 heteroatoms. The van der Waals surface area contributed by atoms with Gasteiger partial charge in [-0.1, -0.05) is 0 Å². The van der Waals surface area contributed by atoms with Gasteiger partial charge in [0.15, 0.2) is 0 Å². The lowest BCUT2D eigenvalue weighted by atomic mass is 10.1. The molecular weight excluding hydrogens is 176 g/mol. The Hall–Kier alpha value is -0.800. The standard InChI is InChI=1S/C8H12N2O.ClH/c1-5-3-8(11)10-6(2)7(5)4-9;/h3H,4,9H2,1-2H3,(H,10,11);1H. The monoisotopic (exact) mass is 188 g/mol. The van der Waals surface area contributed by atoms with Gasteiger partial charge in [0.25, 0.3) is 0 Å². The fourth-order valence-corrected chi connectivity index (χ4v) is 1.15. The number of aromatic nitrogens is 1. The molecule has 0 saturated heterocycles. The first-order chi connectivity index (χ1) is 5.15. The number of halogens is 1. The van der Waals surface area contributed by atoms with E-state index in [0.29, 0.717) is 6.54 Å².